The minimum atomic E-state index is -1.15. The van der Waals surface area contributed by atoms with E-state index in [0.29, 0.717) is 37.4 Å². The highest BCUT2D eigenvalue weighted by molar-refractivity contribution is 6.03. The molecule has 1 aromatic rings. The van der Waals surface area contributed by atoms with Crippen LogP contribution in [0.25, 0.3) is 0 Å². The Labute approximate surface area is 237 Å². The summed E-state index contributed by atoms with van der Waals surface area (Å²) in [6.07, 6.45) is 3.88. The molecule has 0 aromatic heterocycles. The maximum absolute atomic E-state index is 14.3. The first-order valence-electron chi connectivity index (χ1n) is 14.1. The van der Waals surface area contributed by atoms with Crippen molar-refractivity contribution in [1.29, 1.82) is 0 Å². The van der Waals surface area contributed by atoms with Crippen molar-refractivity contribution in [2.75, 3.05) is 31.2 Å². The Kier molecular flexibility index (Phi) is 8.47. The van der Waals surface area contributed by atoms with Crippen LogP contribution in [0.4, 0.5) is 5.69 Å². The van der Waals surface area contributed by atoms with Gasteiger partial charge in [-0.2, -0.15) is 0 Å². The van der Waals surface area contributed by atoms with Crippen LogP contribution in [0, 0.1) is 11.8 Å². The van der Waals surface area contributed by atoms with Gasteiger partial charge in [-0.1, -0.05) is 12.2 Å². The van der Waals surface area contributed by atoms with Crippen LogP contribution in [0.5, 0.6) is 5.75 Å². The van der Waals surface area contributed by atoms with E-state index in [1.54, 1.807) is 28.9 Å². The highest BCUT2D eigenvalue weighted by atomic mass is 16.5. The molecule has 3 aliphatic heterocycles. The maximum atomic E-state index is 14.3. The second-order valence-electron chi connectivity index (χ2n) is 11.9. The molecule has 3 amide bonds. The fraction of sp³-hybridized carbons (Fsp3) is 0.581. The number of fused-ring (bicyclic) bond motifs is 1. The van der Waals surface area contributed by atoms with Gasteiger partial charge in [0.1, 0.15) is 17.4 Å². The van der Waals surface area contributed by atoms with Gasteiger partial charge in [0.25, 0.3) is 0 Å². The van der Waals surface area contributed by atoms with Gasteiger partial charge >= 0.3 is 0 Å². The lowest BCUT2D eigenvalue weighted by Crippen LogP contribution is -2.61. The van der Waals surface area contributed by atoms with Crippen molar-refractivity contribution in [1.82, 2.24) is 9.80 Å². The van der Waals surface area contributed by atoms with E-state index < -0.39 is 41.2 Å². The predicted molar refractivity (Wildman–Crippen MR) is 153 cm³/mol. The Bertz CT molecular complexity index is 1140. The Balaban J connectivity index is 1.75. The lowest BCUT2D eigenvalue weighted by Gasteiger charge is -2.43. The summed E-state index contributed by atoms with van der Waals surface area (Å²) in [6.45, 7) is 17.9. The number of likely N-dealkylation sites (tertiary alicyclic amines) is 1. The van der Waals surface area contributed by atoms with E-state index >= 15 is 0 Å². The topological polar surface area (TPSA) is 99.6 Å². The molecule has 6 atom stereocenters. The summed E-state index contributed by atoms with van der Waals surface area (Å²) in [6, 6.07) is 5.67. The zero-order valence-electron chi connectivity index (χ0n) is 24.3. The number of anilines is 1. The molecular formula is C31H43N3O6. The van der Waals surface area contributed by atoms with Crippen molar-refractivity contribution >= 4 is 23.4 Å². The van der Waals surface area contributed by atoms with E-state index in [4.69, 9.17) is 9.47 Å². The van der Waals surface area contributed by atoms with Gasteiger partial charge in [0.2, 0.25) is 17.7 Å². The average molecular weight is 554 g/mol. The van der Waals surface area contributed by atoms with Crippen LogP contribution in [-0.2, 0) is 19.1 Å². The number of aliphatic hydroxyl groups is 1. The Morgan fingerprint density at radius 1 is 1.20 bits per heavy atom. The van der Waals surface area contributed by atoms with Crippen LogP contribution in [0.1, 0.15) is 47.5 Å². The molecule has 1 N–H and O–H groups in total. The number of hydrogen-bond donors (Lipinski definition) is 1. The molecule has 3 heterocycles. The highest BCUT2D eigenvalue weighted by Crippen LogP contribution is 2.59. The fourth-order valence-corrected chi connectivity index (χ4v) is 6.71. The molecule has 0 saturated carbocycles. The third-order valence-corrected chi connectivity index (χ3v) is 8.42. The average Bonchev–Trinajstić information content (AvgIpc) is 3.56. The molecule has 9 heteroatoms. The molecule has 3 aliphatic rings. The second-order valence-corrected chi connectivity index (χ2v) is 11.9. The van der Waals surface area contributed by atoms with Crippen LogP contribution in [0.3, 0.4) is 0 Å². The number of nitrogens with zero attached hydrogens (tertiary/aromatic N) is 3. The Hall–Kier alpha value is -3.17. The van der Waals surface area contributed by atoms with Gasteiger partial charge in [-0.25, -0.2) is 0 Å². The van der Waals surface area contributed by atoms with Gasteiger partial charge in [-0.05, 0) is 71.7 Å². The van der Waals surface area contributed by atoms with Gasteiger partial charge in [0.05, 0.1) is 37.2 Å². The summed E-state index contributed by atoms with van der Waals surface area (Å²) in [5.74, 6) is -1.71. The minimum Gasteiger partial charge on any atom is -0.494 e. The lowest BCUT2D eigenvalue weighted by molar-refractivity contribution is -0.153. The Morgan fingerprint density at radius 2 is 1.85 bits per heavy atom. The largest absolute Gasteiger partial charge is 0.494 e. The molecule has 3 saturated heterocycles. The minimum absolute atomic E-state index is 0.238. The fourth-order valence-electron chi connectivity index (χ4n) is 6.71. The van der Waals surface area contributed by atoms with Crippen molar-refractivity contribution in [3.63, 3.8) is 0 Å². The van der Waals surface area contributed by atoms with Gasteiger partial charge in [-0.3, -0.25) is 14.4 Å². The van der Waals surface area contributed by atoms with Crippen LogP contribution in [0.15, 0.2) is 49.6 Å². The van der Waals surface area contributed by atoms with Gasteiger partial charge < -0.3 is 29.3 Å². The molecule has 218 valence electrons. The van der Waals surface area contributed by atoms with Crippen molar-refractivity contribution < 1.29 is 29.0 Å². The van der Waals surface area contributed by atoms with Crippen LogP contribution in [-0.4, -0.2) is 88.3 Å². The molecule has 3 fully saturated rings. The van der Waals surface area contributed by atoms with Gasteiger partial charge in [-0.15, -0.1) is 13.2 Å². The maximum Gasteiger partial charge on any atom is 0.249 e. The number of benzene rings is 1. The van der Waals surface area contributed by atoms with E-state index in [1.807, 2.05) is 52.0 Å². The lowest BCUT2D eigenvalue weighted by atomic mass is 9.70. The zero-order valence-corrected chi connectivity index (χ0v) is 24.3. The summed E-state index contributed by atoms with van der Waals surface area (Å²) in [5.41, 5.74) is -1.03. The normalized spacial score (nSPS) is 27.8. The quantitative estimate of drug-likeness (QED) is 0.423. The van der Waals surface area contributed by atoms with E-state index in [-0.39, 0.29) is 30.9 Å². The number of aliphatic hydroxyl groups excluding tert-OH is 1. The molecule has 0 radical (unpaired) electrons. The van der Waals surface area contributed by atoms with E-state index in [2.05, 4.69) is 13.2 Å². The number of rotatable bonds is 11. The first-order valence-corrected chi connectivity index (χ1v) is 14.1. The van der Waals surface area contributed by atoms with Crippen molar-refractivity contribution in [2.24, 2.45) is 11.8 Å². The standard InChI is InChI=1S/C31H43N3O6/c1-8-17-32(21-11-13-22(14-12-21)39-10-3)27(36)24-23-15-16-31(40-23)25(24)28(37)34(20(4)19-35)26(31)29(38)33(18-9-2)30(5,6)7/h8-9,11-14,20,23-26,35H,1-2,10,15-19H2,3-7H3/t20-,23-,24+,25+,26?,31?/m1/s1. The van der Waals surface area contributed by atoms with Gasteiger partial charge in [0, 0.05) is 24.3 Å². The molecule has 1 spiro atoms. The van der Waals surface area contributed by atoms with E-state index in [9.17, 15) is 19.5 Å². The number of ether oxygens (including phenoxy) is 2. The summed E-state index contributed by atoms with van der Waals surface area (Å²) in [5, 5.41) is 10.1. The summed E-state index contributed by atoms with van der Waals surface area (Å²) in [7, 11) is 0. The summed E-state index contributed by atoms with van der Waals surface area (Å²) < 4.78 is 12.1. The SMILES string of the molecule is C=CCN(C(=O)[C@@H]1[C@H]2C(=O)N([C@H](C)CO)C(C(=O)N(CC=C)C(C)(C)C)C23CC[C@H]1O3)c1ccc(OCC)cc1. The van der Waals surface area contributed by atoms with Gasteiger partial charge in [0.15, 0.2) is 0 Å². The molecule has 40 heavy (non-hydrogen) atoms. The zero-order chi connectivity index (χ0) is 29.4. The summed E-state index contributed by atoms with van der Waals surface area (Å²) >= 11 is 0. The van der Waals surface area contributed by atoms with E-state index in [0.717, 1.165) is 0 Å². The van der Waals surface area contributed by atoms with Crippen molar-refractivity contribution in [3.05, 3.63) is 49.6 Å². The number of carbonyl (C=O) groups excluding carboxylic acids is 3. The van der Waals surface area contributed by atoms with Crippen LogP contribution in [0.2, 0.25) is 0 Å². The monoisotopic (exact) mass is 553 g/mol. The second kappa shape index (κ2) is 11.4. The third-order valence-electron chi connectivity index (χ3n) is 8.42. The summed E-state index contributed by atoms with van der Waals surface area (Å²) in [4.78, 5) is 47.6. The van der Waals surface area contributed by atoms with Crippen LogP contribution < -0.4 is 9.64 Å². The molecule has 0 aliphatic carbocycles. The molecular weight excluding hydrogens is 510 g/mol. The van der Waals surface area contributed by atoms with Crippen molar-refractivity contribution in [2.45, 2.75) is 76.8 Å². The third kappa shape index (κ3) is 4.83. The highest BCUT2D eigenvalue weighted by Gasteiger charge is 2.75. The van der Waals surface area contributed by atoms with E-state index in [1.165, 1.54) is 4.90 Å². The predicted octanol–water partition coefficient (Wildman–Crippen LogP) is 3.17. The smallest absolute Gasteiger partial charge is 0.249 e. The molecule has 4 rings (SSSR count). The first-order chi connectivity index (χ1) is 19.0. The van der Waals surface area contributed by atoms with Crippen molar-refractivity contribution in [3.8, 4) is 5.75 Å². The Morgan fingerprint density at radius 3 is 2.40 bits per heavy atom. The molecule has 9 nitrogen and oxygen atoms in total. The van der Waals surface area contributed by atoms with Crippen LogP contribution >= 0.6 is 0 Å². The molecule has 1 aromatic carbocycles. The number of hydrogen-bond acceptors (Lipinski definition) is 6. The first kappa shape index (κ1) is 29.8. The number of amides is 3. The molecule has 2 bridgehead atoms. The number of carbonyl (C=O) groups is 3. The molecule has 2 unspecified atom stereocenters.